The summed E-state index contributed by atoms with van der Waals surface area (Å²) in [6.45, 7) is -2.20. The normalized spacial score (nSPS) is 38.1. The molecule has 0 spiro atoms. The number of aliphatic hydroxyl groups excluding tert-OH is 9. The SMILES string of the molecule is COC1OC(CO)C(OC2OC(CO)C(OC3OC(CO)C(OC)C(O)=C3O)C(O)=C2O)C(O)=C1O. The summed E-state index contributed by atoms with van der Waals surface area (Å²) >= 11 is 0. The molecule has 9 atom stereocenters. The van der Waals surface area contributed by atoms with Crippen LogP contribution < -0.4 is 0 Å². The van der Waals surface area contributed by atoms with Gasteiger partial charge in [-0.05, 0) is 0 Å². The van der Waals surface area contributed by atoms with Crippen LogP contribution in [0.15, 0.2) is 34.6 Å². The van der Waals surface area contributed by atoms with E-state index in [9.17, 15) is 46.0 Å². The van der Waals surface area contributed by atoms with Gasteiger partial charge in [0, 0.05) is 14.2 Å². The van der Waals surface area contributed by atoms with Crippen molar-refractivity contribution in [3.63, 3.8) is 0 Å². The Hall–Kier alpha value is -2.38. The van der Waals surface area contributed by atoms with Crippen molar-refractivity contribution >= 4 is 0 Å². The van der Waals surface area contributed by atoms with Crippen LogP contribution in [0.3, 0.4) is 0 Å². The Labute approximate surface area is 204 Å². The van der Waals surface area contributed by atoms with Crippen LogP contribution in [-0.4, -0.2) is 135 Å². The lowest BCUT2D eigenvalue weighted by atomic mass is 10.1. The van der Waals surface area contributed by atoms with Crippen molar-refractivity contribution in [2.24, 2.45) is 0 Å². The molecular weight excluding hydrogens is 496 g/mol. The second-order valence-electron chi connectivity index (χ2n) is 7.88. The van der Waals surface area contributed by atoms with Crippen LogP contribution in [0.5, 0.6) is 0 Å². The molecule has 3 aliphatic rings. The van der Waals surface area contributed by atoms with Crippen LogP contribution in [0.2, 0.25) is 0 Å². The predicted octanol–water partition coefficient (Wildman–Crippen LogP) is -1.45. The number of ether oxygens (including phenoxy) is 7. The van der Waals surface area contributed by atoms with Gasteiger partial charge in [-0.1, -0.05) is 0 Å². The highest BCUT2D eigenvalue weighted by molar-refractivity contribution is 5.18. The van der Waals surface area contributed by atoms with E-state index in [0.29, 0.717) is 0 Å². The number of hydrogen-bond acceptors (Lipinski definition) is 16. The minimum Gasteiger partial charge on any atom is -0.506 e. The molecule has 0 radical (unpaired) electrons. The summed E-state index contributed by atoms with van der Waals surface area (Å²) in [4.78, 5) is 0. The van der Waals surface area contributed by atoms with Crippen molar-refractivity contribution < 1.29 is 79.1 Å². The molecule has 0 aromatic carbocycles. The van der Waals surface area contributed by atoms with Gasteiger partial charge in [0.25, 0.3) is 0 Å². The lowest BCUT2D eigenvalue weighted by Gasteiger charge is -2.40. The first-order valence-corrected chi connectivity index (χ1v) is 10.6. The van der Waals surface area contributed by atoms with Crippen molar-refractivity contribution in [2.45, 2.75) is 55.5 Å². The average Bonchev–Trinajstić information content (AvgIpc) is 2.88. The van der Waals surface area contributed by atoms with Gasteiger partial charge < -0.3 is 79.1 Å². The minimum absolute atomic E-state index is 0.646. The van der Waals surface area contributed by atoms with E-state index in [4.69, 9.17) is 33.2 Å². The standard InChI is InChI=1S/C20H30O16/c1-30-15-6(3-21)33-19(13(28)9(15)24)36-17-8(5-23)34-20(14(29)11(17)26)35-16-7(4-22)32-18(31-2)12(27)10(16)25/h6-8,15-29H,3-5H2,1-2H3. The Morgan fingerprint density at radius 1 is 0.500 bits per heavy atom. The van der Waals surface area contributed by atoms with Gasteiger partial charge in [0.1, 0.15) is 36.6 Å². The molecule has 0 amide bonds. The molecule has 206 valence electrons. The lowest BCUT2D eigenvalue weighted by molar-refractivity contribution is -0.287. The van der Waals surface area contributed by atoms with Crippen molar-refractivity contribution in [1.29, 1.82) is 0 Å². The molecule has 0 aliphatic carbocycles. The van der Waals surface area contributed by atoms with E-state index in [2.05, 4.69) is 0 Å². The van der Waals surface area contributed by atoms with Crippen molar-refractivity contribution in [3.8, 4) is 0 Å². The second-order valence-corrected chi connectivity index (χ2v) is 7.88. The molecule has 0 saturated carbocycles. The topological polar surface area (TPSA) is 247 Å². The zero-order valence-corrected chi connectivity index (χ0v) is 19.2. The summed E-state index contributed by atoms with van der Waals surface area (Å²) < 4.78 is 36.7. The molecular formula is C20H30O16. The molecule has 0 aromatic heterocycles. The van der Waals surface area contributed by atoms with Gasteiger partial charge in [-0.2, -0.15) is 0 Å². The fourth-order valence-electron chi connectivity index (χ4n) is 3.82. The maximum absolute atomic E-state index is 10.6. The highest BCUT2D eigenvalue weighted by atomic mass is 16.8. The number of methoxy groups -OCH3 is 2. The molecule has 16 nitrogen and oxygen atoms in total. The Morgan fingerprint density at radius 2 is 0.833 bits per heavy atom. The minimum atomic E-state index is -1.86. The number of hydrogen-bond donors (Lipinski definition) is 9. The summed E-state index contributed by atoms with van der Waals surface area (Å²) in [7, 11) is 2.37. The zero-order chi connectivity index (χ0) is 26.7. The maximum atomic E-state index is 10.6. The van der Waals surface area contributed by atoms with Crippen LogP contribution in [0.1, 0.15) is 0 Å². The first-order chi connectivity index (χ1) is 17.1. The molecule has 0 aromatic rings. The van der Waals surface area contributed by atoms with Crippen LogP contribution in [-0.2, 0) is 33.2 Å². The molecule has 0 bridgehead atoms. The average molecular weight is 526 g/mol. The fourth-order valence-corrected chi connectivity index (χ4v) is 3.82. The second kappa shape index (κ2) is 11.8. The maximum Gasteiger partial charge on any atom is 0.221 e. The molecule has 16 heteroatoms. The van der Waals surface area contributed by atoms with Crippen molar-refractivity contribution in [2.75, 3.05) is 34.0 Å². The third kappa shape index (κ3) is 5.18. The quantitative estimate of drug-likeness (QED) is 0.167. The molecule has 0 fully saturated rings. The summed E-state index contributed by atoms with van der Waals surface area (Å²) in [5.74, 6) is -5.04. The molecule has 36 heavy (non-hydrogen) atoms. The Balaban J connectivity index is 1.84. The van der Waals surface area contributed by atoms with Gasteiger partial charge in [0.2, 0.25) is 18.9 Å². The van der Waals surface area contributed by atoms with Crippen LogP contribution in [0.4, 0.5) is 0 Å². The highest BCUT2D eigenvalue weighted by Crippen LogP contribution is 2.34. The van der Waals surface area contributed by atoms with E-state index in [-0.39, 0.29) is 0 Å². The molecule has 3 aliphatic heterocycles. The Bertz CT molecular complexity index is 870. The summed E-state index contributed by atoms with van der Waals surface area (Å²) in [5.41, 5.74) is 0. The number of rotatable bonds is 9. The van der Waals surface area contributed by atoms with E-state index >= 15 is 0 Å². The highest BCUT2D eigenvalue weighted by Gasteiger charge is 2.48. The Kier molecular flexibility index (Phi) is 9.23. The predicted molar refractivity (Wildman–Crippen MR) is 112 cm³/mol. The summed E-state index contributed by atoms with van der Waals surface area (Å²) in [5, 5.41) is 90.6. The lowest BCUT2D eigenvalue weighted by Crippen LogP contribution is -2.53. The molecule has 9 unspecified atom stereocenters. The molecule has 3 rings (SSSR count). The van der Waals surface area contributed by atoms with Crippen LogP contribution in [0.25, 0.3) is 0 Å². The van der Waals surface area contributed by atoms with Gasteiger partial charge in [0.15, 0.2) is 34.6 Å². The largest absolute Gasteiger partial charge is 0.506 e. The molecule has 0 saturated heterocycles. The third-order valence-electron chi connectivity index (χ3n) is 5.72. The summed E-state index contributed by atoms with van der Waals surface area (Å²) in [6, 6.07) is 0. The smallest absolute Gasteiger partial charge is 0.221 e. The van der Waals surface area contributed by atoms with Gasteiger partial charge in [0.05, 0.1) is 19.8 Å². The van der Waals surface area contributed by atoms with Crippen molar-refractivity contribution in [1.82, 2.24) is 0 Å². The first-order valence-electron chi connectivity index (χ1n) is 10.6. The zero-order valence-electron chi connectivity index (χ0n) is 19.2. The van der Waals surface area contributed by atoms with Crippen LogP contribution >= 0.6 is 0 Å². The molecule has 3 heterocycles. The van der Waals surface area contributed by atoms with E-state index in [1.54, 1.807) is 0 Å². The van der Waals surface area contributed by atoms with Gasteiger partial charge in [-0.25, -0.2) is 0 Å². The fraction of sp³-hybridized carbons (Fsp3) is 0.700. The number of aliphatic hydroxyl groups is 9. The third-order valence-corrected chi connectivity index (χ3v) is 5.72. The van der Waals surface area contributed by atoms with Crippen molar-refractivity contribution in [3.05, 3.63) is 34.6 Å². The van der Waals surface area contributed by atoms with Gasteiger partial charge >= 0.3 is 0 Å². The van der Waals surface area contributed by atoms with E-state index in [1.165, 1.54) is 14.2 Å². The van der Waals surface area contributed by atoms with Gasteiger partial charge in [-0.15, -0.1) is 0 Å². The van der Waals surface area contributed by atoms with E-state index < -0.39 is 110 Å². The first kappa shape index (κ1) is 28.2. The van der Waals surface area contributed by atoms with Gasteiger partial charge in [-0.3, -0.25) is 0 Å². The van der Waals surface area contributed by atoms with E-state index in [0.717, 1.165) is 0 Å². The summed E-state index contributed by atoms with van der Waals surface area (Å²) in [6.07, 6.45) is -13.5. The molecule has 9 N–H and O–H groups in total. The Morgan fingerprint density at radius 3 is 1.19 bits per heavy atom. The monoisotopic (exact) mass is 526 g/mol. The van der Waals surface area contributed by atoms with E-state index in [1.807, 2.05) is 0 Å². The van der Waals surface area contributed by atoms with Crippen LogP contribution in [0, 0.1) is 0 Å².